The summed E-state index contributed by atoms with van der Waals surface area (Å²) in [5.74, 6) is 0.00671. The Labute approximate surface area is 116 Å². The summed E-state index contributed by atoms with van der Waals surface area (Å²) in [6, 6.07) is 0. The summed E-state index contributed by atoms with van der Waals surface area (Å²) >= 11 is 0. The van der Waals surface area contributed by atoms with Crippen LogP contribution in [0.15, 0.2) is 0 Å². The van der Waals surface area contributed by atoms with Crippen molar-refractivity contribution >= 4 is 18.3 Å². The van der Waals surface area contributed by atoms with Crippen LogP contribution in [-0.4, -0.2) is 31.7 Å². The van der Waals surface area contributed by atoms with Gasteiger partial charge in [0, 0.05) is 13.1 Å². The topological polar surface area (TPSA) is 64.4 Å². The maximum Gasteiger partial charge on any atom is 0.227 e. The molecule has 0 aliphatic heterocycles. The molecule has 0 saturated heterocycles. The fourth-order valence-corrected chi connectivity index (χ4v) is 1.95. The van der Waals surface area contributed by atoms with Crippen molar-refractivity contribution in [1.82, 2.24) is 5.32 Å². The Morgan fingerprint density at radius 3 is 2.50 bits per heavy atom. The maximum absolute atomic E-state index is 11.7. The number of rotatable bonds is 6. The first-order valence-electron chi connectivity index (χ1n) is 6.66. The van der Waals surface area contributed by atoms with Crippen molar-refractivity contribution in [3.63, 3.8) is 0 Å². The molecule has 0 aromatic heterocycles. The highest BCUT2D eigenvalue weighted by atomic mass is 35.5. The molecule has 0 unspecified atom stereocenters. The first-order chi connectivity index (χ1) is 8.06. The second kappa shape index (κ2) is 8.73. The van der Waals surface area contributed by atoms with Crippen LogP contribution in [0.25, 0.3) is 0 Å². The summed E-state index contributed by atoms with van der Waals surface area (Å²) in [5.41, 5.74) is 5.05. The molecule has 0 aromatic rings. The van der Waals surface area contributed by atoms with E-state index in [2.05, 4.69) is 5.32 Å². The number of amides is 1. The van der Waals surface area contributed by atoms with Crippen LogP contribution in [-0.2, 0) is 9.53 Å². The van der Waals surface area contributed by atoms with Gasteiger partial charge in [0.1, 0.15) is 0 Å². The molecule has 0 heterocycles. The summed E-state index contributed by atoms with van der Waals surface area (Å²) in [7, 11) is 0. The molecule has 1 saturated carbocycles. The standard InChI is InChI=1S/C13H26N2O2.ClH/c1-13(2,10-14)12(16)15-8-9-17-11-6-4-3-5-7-11;/h11H,3-10,14H2,1-2H3,(H,15,16);1H. The highest BCUT2D eigenvalue weighted by molar-refractivity contribution is 5.85. The maximum atomic E-state index is 11.7. The zero-order valence-corrected chi connectivity index (χ0v) is 12.4. The van der Waals surface area contributed by atoms with Crippen molar-refractivity contribution in [2.45, 2.75) is 52.1 Å². The molecule has 18 heavy (non-hydrogen) atoms. The van der Waals surface area contributed by atoms with Crippen LogP contribution in [0.5, 0.6) is 0 Å². The molecule has 0 bridgehead atoms. The minimum atomic E-state index is -0.481. The lowest BCUT2D eigenvalue weighted by atomic mass is 9.93. The predicted octanol–water partition coefficient (Wildman–Crippen LogP) is 1.86. The van der Waals surface area contributed by atoms with Crippen LogP contribution < -0.4 is 11.1 Å². The number of carbonyl (C=O) groups is 1. The van der Waals surface area contributed by atoms with Gasteiger partial charge in [-0.2, -0.15) is 0 Å². The second-order valence-electron chi connectivity index (χ2n) is 5.47. The third kappa shape index (κ3) is 6.03. The van der Waals surface area contributed by atoms with Gasteiger partial charge in [-0.05, 0) is 26.7 Å². The lowest BCUT2D eigenvalue weighted by Crippen LogP contribution is -2.43. The van der Waals surface area contributed by atoms with E-state index in [1.165, 1.54) is 32.1 Å². The van der Waals surface area contributed by atoms with Crippen LogP contribution in [0.3, 0.4) is 0 Å². The van der Waals surface area contributed by atoms with Crippen molar-refractivity contribution in [3.05, 3.63) is 0 Å². The fraction of sp³-hybridized carbons (Fsp3) is 0.923. The van der Waals surface area contributed by atoms with Gasteiger partial charge >= 0.3 is 0 Å². The molecule has 0 spiro atoms. The zero-order chi connectivity index (χ0) is 12.7. The molecule has 0 aromatic carbocycles. The molecule has 1 fully saturated rings. The van der Waals surface area contributed by atoms with Gasteiger partial charge in [0.2, 0.25) is 5.91 Å². The summed E-state index contributed by atoms with van der Waals surface area (Å²) in [4.78, 5) is 11.7. The molecular formula is C13H27ClN2O2. The monoisotopic (exact) mass is 278 g/mol. The number of nitrogens with one attached hydrogen (secondary N) is 1. The molecule has 1 aliphatic carbocycles. The molecular weight excluding hydrogens is 252 g/mol. The van der Waals surface area contributed by atoms with E-state index < -0.39 is 5.41 Å². The van der Waals surface area contributed by atoms with Crippen molar-refractivity contribution in [1.29, 1.82) is 0 Å². The molecule has 1 amide bonds. The van der Waals surface area contributed by atoms with Crippen LogP contribution >= 0.6 is 12.4 Å². The zero-order valence-electron chi connectivity index (χ0n) is 11.5. The Hall–Kier alpha value is -0.320. The molecule has 0 atom stereocenters. The van der Waals surface area contributed by atoms with E-state index in [1.807, 2.05) is 13.8 Å². The van der Waals surface area contributed by atoms with Crippen LogP contribution in [0.1, 0.15) is 46.0 Å². The molecule has 5 heteroatoms. The van der Waals surface area contributed by atoms with Gasteiger partial charge in [0.15, 0.2) is 0 Å². The van der Waals surface area contributed by atoms with Crippen molar-refractivity contribution in [3.8, 4) is 0 Å². The molecule has 1 aliphatic rings. The molecule has 4 nitrogen and oxygen atoms in total. The number of hydrogen-bond acceptors (Lipinski definition) is 3. The summed E-state index contributed by atoms with van der Waals surface area (Å²) < 4.78 is 5.73. The van der Waals surface area contributed by atoms with Gasteiger partial charge in [0.05, 0.1) is 18.1 Å². The molecule has 1 rings (SSSR count). The van der Waals surface area contributed by atoms with E-state index in [0.29, 0.717) is 25.8 Å². The third-order valence-electron chi connectivity index (χ3n) is 3.42. The average Bonchev–Trinajstić information content (AvgIpc) is 2.35. The fourth-order valence-electron chi connectivity index (χ4n) is 1.95. The van der Waals surface area contributed by atoms with Crippen LogP contribution in [0.4, 0.5) is 0 Å². The van der Waals surface area contributed by atoms with E-state index in [1.54, 1.807) is 0 Å². The van der Waals surface area contributed by atoms with Crippen molar-refractivity contribution in [2.24, 2.45) is 11.1 Å². The summed E-state index contributed by atoms with van der Waals surface area (Å²) in [6.45, 7) is 5.26. The van der Waals surface area contributed by atoms with E-state index in [0.717, 1.165) is 0 Å². The van der Waals surface area contributed by atoms with Gasteiger partial charge in [-0.3, -0.25) is 4.79 Å². The van der Waals surface area contributed by atoms with Gasteiger partial charge < -0.3 is 15.8 Å². The minimum absolute atomic E-state index is 0. The Bertz CT molecular complexity index is 241. The predicted molar refractivity (Wildman–Crippen MR) is 75.9 cm³/mol. The Balaban J connectivity index is 0.00000289. The first kappa shape index (κ1) is 17.7. The quantitative estimate of drug-likeness (QED) is 0.729. The number of nitrogens with two attached hydrogens (primary N) is 1. The Kier molecular flexibility index (Phi) is 8.57. The molecule has 3 N–H and O–H groups in total. The third-order valence-corrected chi connectivity index (χ3v) is 3.42. The van der Waals surface area contributed by atoms with Crippen molar-refractivity contribution in [2.75, 3.05) is 19.7 Å². The summed E-state index contributed by atoms with van der Waals surface area (Å²) in [6.07, 6.45) is 6.63. The van der Waals surface area contributed by atoms with E-state index in [9.17, 15) is 4.79 Å². The van der Waals surface area contributed by atoms with Crippen LogP contribution in [0, 0.1) is 5.41 Å². The van der Waals surface area contributed by atoms with Crippen molar-refractivity contribution < 1.29 is 9.53 Å². The number of halogens is 1. The van der Waals surface area contributed by atoms with E-state index >= 15 is 0 Å². The lowest BCUT2D eigenvalue weighted by Gasteiger charge is -2.23. The highest BCUT2D eigenvalue weighted by Gasteiger charge is 2.25. The Morgan fingerprint density at radius 1 is 1.33 bits per heavy atom. The second-order valence-corrected chi connectivity index (χ2v) is 5.47. The smallest absolute Gasteiger partial charge is 0.227 e. The number of hydrogen-bond donors (Lipinski definition) is 2. The molecule has 0 radical (unpaired) electrons. The van der Waals surface area contributed by atoms with Gasteiger partial charge in [-0.1, -0.05) is 19.3 Å². The van der Waals surface area contributed by atoms with Gasteiger partial charge in [-0.25, -0.2) is 0 Å². The number of carbonyl (C=O) groups excluding carboxylic acids is 1. The highest BCUT2D eigenvalue weighted by Crippen LogP contribution is 2.19. The van der Waals surface area contributed by atoms with Gasteiger partial charge in [0.25, 0.3) is 0 Å². The molecule has 108 valence electrons. The largest absolute Gasteiger partial charge is 0.376 e. The number of ether oxygens (including phenoxy) is 1. The lowest BCUT2D eigenvalue weighted by molar-refractivity contribution is -0.129. The first-order valence-corrected chi connectivity index (χ1v) is 6.66. The van der Waals surface area contributed by atoms with Crippen LogP contribution in [0.2, 0.25) is 0 Å². The SMILES string of the molecule is CC(C)(CN)C(=O)NCCOC1CCCCC1.Cl. The Morgan fingerprint density at radius 2 is 1.94 bits per heavy atom. The average molecular weight is 279 g/mol. The summed E-state index contributed by atoms with van der Waals surface area (Å²) in [5, 5.41) is 2.87. The van der Waals surface area contributed by atoms with E-state index in [4.69, 9.17) is 10.5 Å². The normalized spacial score (nSPS) is 17.1. The van der Waals surface area contributed by atoms with E-state index in [-0.39, 0.29) is 18.3 Å². The van der Waals surface area contributed by atoms with Gasteiger partial charge in [-0.15, -0.1) is 12.4 Å². The minimum Gasteiger partial charge on any atom is -0.376 e.